The summed E-state index contributed by atoms with van der Waals surface area (Å²) in [5, 5.41) is 3.65. The Bertz CT molecular complexity index is 765. The molecule has 0 aliphatic carbocycles. The number of methoxy groups -OCH3 is 1. The average Bonchev–Trinajstić information content (AvgIpc) is 3.15. The standard InChI is InChI=1S/C22H27N3O2/c1-27-21-10-8-19(9-11-21)24-15-12-18(13-16-24)23-17-4-6-20(7-5-17)25-14-2-3-22(25)26/h4-11,18,23H,2-3,12-16H2,1H3. The molecular weight excluding hydrogens is 338 g/mol. The molecule has 0 saturated carbocycles. The van der Waals surface area contributed by atoms with Crippen molar-refractivity contribution in [3.05, 3.63) is 48.5 Å². The summed E-state index contributed by atoms with van der Waals surface area (Å²) >= 11 is 0. The average molecular weight is 365 g/mol. The summed E-state index contributed by atoms with van der Waals surface area (Å²) < 4.78 is 5.24. The number of carbonyl (C=O) groups is 1. The van der Waals surface area contributed by atoms with E-state index in [1.54, 1.807) is 7.11 Å². The molecule has 0 radical (unpaired) electrons. The van der Waals surface area contributed by atoms with Gasteiger partial charge >= 0.3 is 0 Å². The highest BCUT2D eigenvalue weighted by molar-refractivity contribution is 5.95. The van der Waals surface area contributed by atoms with Gasteiger partial charge < -0.3 is 19.9 Å². The molecule has 0 spiro atoms. The molecule has 0 aromatic heterocycles. The molecule has 27 heavy (non-hydrogen) atoms. The van der Waals surface area contributed by atoms with Gasteiger partial charge in [-0.25, -0.2) is 0 Å². The van der Waals surface area contributed by atoms with Crippen molar-refractivity contribution in [2.45, 2.75) is 31.7 Å². The van der Waals surface area contributed by atoms with E-state index >= 15 is 0 Å². The van der Waals surface area contributed by atoms with E-state index < -0.39 is 0 Å². The maximum atomic E-state index is 11.9. The van der Waals surface area contributed by atoms with Crippen molar-refractivity contribution in [3.8, 4) is 5.75 Å². The molecule has 142 valence electrons. The van der Waals surface area contributed by atoms with E-state index in [1.807, 2.05) is 17.0 Å². The normalized spacial score (nSPS) is 18.0. The van der Waals surface area contributed by atoms with Gasteiger partial charge in [-0.1, -0.05) is 0 Å². The van der Waals surface area contributed by atoms with Gasteiger partial charge in [0, 0.05) is 49.2 Å². The molecule has 2 aromatic rings. The van der Waals surface area contributed by atoms with Gasteiger partial charge in [0.15, 0.2) is 0 Å². The number of nitrogens with zero attached hydrogens (tertiary/aromatic N) is 2. The molecule has 2 fully saturated rings. The molecule has 0 unspecified atom stereocenters. The van der Waals surface area contributed by atoms with Crippen LogP contribution in [0.1, 0.15) is 25.7 Å². The number of anilines is 3. The first kappa shape index (κ1) is 17.7. The number of ether oxygens (including phenoxy) is 1. The lowest BCUT2D eigenvalue weighted by molar-refractivity contribution is -0.117. The minimum Gasteiger partial charge on any atom is -0.497 e. The van der Waals surface area contributed by atoms with Crippen molar-refractivity contribution in [2.24, 2.45) is 0 Å². The van der Waals surface area contributed by atoms with E-state index in [-0.39, 0.29) is 5.91 Å². The third kappa shape index (κ3) is 4.02. The van der Waals surface area contributed by atoms with E-state index in [4.69, 9.17) is 4.74 Å². The van der Waals surface area contributed by atoms with Crippen molar-refractivity contribution >= 4 is 23.0 Å². The molecule has 2 aliphatic heterocycles. The van der Waals surface area contributed by atoms with E-state index in [0.29, 0.717) is 12.5 Å². The molecule has 5 heteroatoms. The molecule has 0 atom stereocenters. The largest absolute Gasteiger partial charge is 0.497 e. The van der Waals surface area contributed by atoms with E-state index in [1.165, 1.54) is 5.69 Å². The SMILES string of the molecule is COc1ccc(N2CCC(Nc3ccc(N4CCCC4=O)cc3)CC2)cc1. The first-order valence-corrected chi connectivity index (χ1v) is 9.79. The van der Waals surface area contributed by atoms with Crippen LogP contribution < -0.4 is 19.9 Å². The predicted molar refractivity (Wildman–Crippen MR) is 110 cm³/mol. The summed E-state index contributed by atoms with van der Waals surface area (Å²) in [6.45, 7) is 2.93. The topological polar surface area (TPSA) is 44.8 Å². The number of piperidine rings is 1. The lowest BCUT2D eigenvalue weighted by Crippen LogP contribution is -2.39. The van der Waals surface area contributed by atoms with Gasteiger partial charge in [-0.05, 0) is 67.8 Å². The summed E-state index contributed by atoms with van der Waals surface area (Å²) in [5.74, 6) is 1.14. The number of rotatable bonds is 5. The van der Waals surface area contributed by atoms with Gasteiger partial charge in [-0.2, -0.15) is 0 Å². The van der Waals surface area contributed by atoms with Gasteiger partial charge in [-0.15, -0.1) is 0 Å². The van der Waals surface area contributed by atoms with Crippen LogP contribution in [-0.4, -0.2) is 38.7 Å². The summed E-state index contributed by atoms with van der Waals surface area (Å²) in [7, 11) is 1.70. The number of benzene rings is 2. The highest BCUT2D eigenvalue weighted by Crippen LogP contribution is 2.26. The number of nitrogens with one attached hydrogen (secondary N) is 1. The number of carbonyl (C=O) groups excluding carboxylic acids is 1. The summed E-state index contributed by atoms with van der Waals surface area (Å²) in [5.41, 5.74) is 3.40. The van der Waals surface area contributed by atoms with Crippen LogP contribution in [-0.2, 0) is 4.79 Å². The third-order valence-electron chi connectivity index (χ3n) is 5.56. The van der Waals surface area contributed by atoms with Crippen molar-refractivity contribution in [1.29, 1.82) is 0 Å². The van der Waals surface area contributed by atoms with E-state index in [2.05, 4.69) is 46.6 Å². The summed E-state index contributed by atoms with van der Waals surface area (Å²) in [4.78, 5) is 16.2. The van der Waals surface area contributed by atoms with Crippen molar-refractivity contribution < 1.29 is 9.53 Å². The highest BCUT2D eigenvalue weighted by Gasteiger charge is 2.22. The van der Waals surface area contributed by atoms with Crippen molar-refractivity contribution in [3.63, 3.8) is 0 Å². The van der Waals surface area contributed by atoms with E-state index in [0.717, 1.165) is 56.0 Å². The lowest BCUT2D eigenvalue weighted by atomic mass is 10.0. The van der Waals surface area contributed by atoms with Crippen LogP contribution in [0.3, 0.4) is 0 Å². The second-order valence-electron chi connectivity index (χ2n) is 7.30. The molecule has 2 saturated heterocycles. The first-order chi connectivity index (χ1) is 13.2. The lowest BCUT2D eigenvalue weighted by Gasteiger charge is -2.34. The van der Waals surface area contributed by atoms with Crippen LogP contribution in [0.4, 0.5) is 17.1 Å². The monoisotopic (exact) mass is 365 g/mol. The van der Waals surface area contributed by atoms with Gasteiger partial charge in [0.05, 0.1) is 7.11 Å². The fourth-order valence-electron chi connectivity index (χ4n) is 3.97. The Labute approximate surface area is 160 Å². The smallest absolute Gasteiger partial charge is 0.227 e. The molecule has 2 aromatic carbocycles. The predicted octanol–water partition coefficient (Wildman–Crippen LogP) is 3.90. The van der Waals surface area contributed by atoms with Crippen LogP contribution in [0.2, 0.25) is 0 Å². The second kappa shape index (κ2) is 7.91. The van der Waals surface area contributed by atoms with Crippen molar-refractivity contribution in [2.75, 3.05) is 41.9 Å². The van der Waals surface area contributed by atoms with Crippen LogP contribution in [0.5, 0.6) is 5.75 Å². The third-order valence-corrected chi connectivity index (χ3v) is 5.56. The zero-order valence-corrected chi connectivity index (χ0v) is 15.9. The van der Waals surface area contributed by atoms with Gasteiger partial charge in [0.1, 0.15) is 5.75 Å². The Kier molecular flexibility index (Phi) is 5.19. The van der Waals surface area contributed by atoms with E-state index in [9.17, 15) is 4.79 Å². The number of hydrogen-bond donors (Lipinski definition) is 1. The molecule has 0 bridgehead atoms. The fraction of sp³-hybridized carbons (Fsp3) is 0.409. The Morgan fingerprint density at radius 3 is 2.19 bits per heavy atom. The maximum Gasteiger partial charge on any atom is 0.227 e. The fourth-order valence-corrected chi connectivity index (χ4v) is 3.97. The minimum absolute atomic E-state index is 0.238. The van der Waals surface area contributed by atoms with Gasteiger partial charge in [-0.3, -0.25) is 4.79 Å². The Morgan fingerprint density at radius 2 is 1.59 bits per heavy atom. The molecular formula is C22H27N3O2. The molecule has 2 aliphatic rings. The first-order valence-electron chi connectivity index (χ1n) is 9.79. The Hall–Kier alpha value is -2.69. The van der Waals surface area contributed by atoms with Crippen LogP contribution in [0.25, 0.3) is 0 Å². The number of hydrogen-bond acceptors (Lipinski definition) is 4. The van der Waals surface area contributed by atoms with Crippen molar-refractivity contribution in [1.82, 2.24) is 0 Å². The maximum absolute atomic E-state index is 11.9. The van der Waals surface area contributed by atoms with Gasteiger partial charge in [0.2, 0.25) is 5.91 Å². The minimum atomic E-state index is 0.238. The summed E-state index contributed by atoms with van der Waals surface area (Å²) in [6, 6.07) is 17.1. The number of amides is 1. The van der Waals surface area contributed by atoms with Crippen LogP contribution >= 0.6 is 0 Å². The summed E-state index contributed by atoms with van der Waals surface area (Å²) in [6.07, 6.45) is 3.86. The van der Waals surface area contributed by atoms with Crippen LogP contribution in [0.15, 0.2) is 48.5 Å². The molecule has 2 heterocycles. The zero-order valence-electron chi connectivity index (χ0n) is 15.9. The Balaban J connectivity index is 1.30. The Morgan fingerprint density at radius 1 is 0.926 bits per heavy atom. The highest BCUT2D eigenvalue weighted by atomic mass is 16.5. The zero-order chi connectivity index (χ0) is 18.6. The molecule has 1 amide bonds. The van der Waals surface area contributed by atoms with Gasteiger partial charge in [0.25, 0.3) is 0 Å². The van der Waals surface area contributed by atoms with Crippen LogP contribution in [0, 0.1) is 0 Å². The molecule has 5 nitrogen and oxygen atoms in total. The quantitative estimate of drug-likeness (QED) is 0.873. The molecule has 4 rings (SSSR count). The molecule has 1 N–H and O–H groups in total. The second-order valence-corrected chi connectivity index (χ2v) is 7.30.